The Morgan fingerprint density at radius 1 is 1.18 bits per heavy atom. The number of nitrogens with one attached hydrogen (secondary N) is 2. The molecule has 0 aliphatic heterocycles. The Balaban J connectivity index is 1.68. The number of aliphatic carboxylic acids is 2. The van der Waals surface area contributed by atoms with E-state index in [9.17, 15) is 24.3 Å². The fraction of sp³-hybridized carbons (Fsp3) is 0.211. The third kappa shape index (κ3) is 6.02. The summed E-state index contributed by atoms with van der Waals surface area (Å²) < 4.78 is 1.68. The first kappa shape index (κ1) is 23.6. The quantitative estimate of drug-likeness (QED) is 0.227. The van der Waals surface area contributed by atoms with Crippen molar-refractivity contribution in [2.24, 2.45) is 0 Å². The molecular weight excluding hydrogens is 501 g/mol. The van der Waals surface area contributed by atoms with E-state index in [4.69, 9.17) is 10.8 Å². The van der Waals surface area contributed by atoms with Crippen LogP contribution >= 0.6 is 0 Å². The van der Waals surface area contributed by atoms with Crippen molar-refractivity contribution < 1.29 is 24.6 Å². The van der Waals surface area contributed by atoms with Crippen LogP contribution in [0.3, 0.4) is 0 Å². The van der Waals surface area contributed by atoms with Gasteiger partial charge in [0.15, 0.2) is 0 Å². The number of nitrogens with zero attached hydrogens (tertiary/aromatic N) is 4. The Kier molecular flexibility index (Phi) is 7.20. The van der Waals surface area contributed by atoms with Gasteiger partial charge in [-0.3, -0.25) is 0 Å². The Hall–Kier alpha value is -4.03. The molecule has 33 heavy (non-hydrogen) atoms. The maximum atomic E-state index is 12.3. The van der Waals surface area contributed by atoms with Gasteiger partial charge in [-0.05, 0) is 0 Å². The van der Waals surface area contributed by atoms with Crippen molar-refractivity contribution in [3.05, 3.63) is 52.1 Å². The molecule has 0 saturated heterocycles. The second-order valence-electron chi connectivity index (χ2n) is 6.86. The number of carboxylic acid groups (broad SMARTS) is 2. The molecule has 0 fully saturated rings. The van der Waals surface area contributed by atoms with Crippen LogP contribution in [0.1, 0.15) is 28.9 Å². The zero-order chi connectivity index (χ0) is 24.1. The molecule has 0 unspecified atom stereocenters. The Morgan fingerprint density at radius 3 is 2.52 bits per heavy atom. The average Bonchev–Trinajstić information content (AvgIpc) is 2.76. The molecule has 1 aromatic carbocycles. The number of hydrogen-bond acceptors (Lipinski definition) is 9. The monoisotopic (exact) mass is 520 g/mol. The van der Waals surface area contributed by atoms with Crippen molar-refractivity contribution in [3.8, 4) is 0 Å². The normalized spacial score (nSPS) is 11.7. The molecule has 13 nitrogen and oxygen atoms in total. The van der Waals surface area contributed by atoms with Crippen molar-refractivity contribution in [1.29, 1.82) is 0 Å². The van der Waals surface area contributed by atoms with Crippen LogP contribution < -0.4 is 20.5 Å². The van der Waals surface area contributed by atoms with Gasteiger partial charge in [-0.2, -0.15) is 0 Å². The molecule has 0 aliphatic carbocycles. The minimum absolute atomic E-state index is 0.0537. The van der Waals surface area contributed by atoms with Crippen molar-refractivity contribution in [3.63, 3.8) is 0 Å². The predicted molar refractivity (Wildman–Crippen MR) is 117 cm³/mol. The van der Waals surface area contributed by atoms with Gasteiger partial charge in [-0.25, -0.2) is 0 Å². The molecule has 171 valence electrons. The average molecular weight is 519 g/mol. The third-order valence-corrected chi connectivity index (χ3v) is 5.17. The van der Waals surface area contributed by atoms with E-state index in [-0.39, 0.29) is 42.1 Å². The van der Waals surface area contributed by atoms with E-state index < -0.39 is 29.4 Å². The van der Waals surface area contributed by atoms with E-state index in [1.54, 1.807) is 16.0 Å². The summed E-state index contributed by atoms with van der Waals surface area (Å²) in [5.74, 6) is -3.16. The van der Waals surface area contributed by atoms with Gasteiger partial charge < -0.3 is 0 Å². The summed E-state index contributed by atoms with van der Waals surface area (Å²) in [6.07, 6.45) is 0.845. The molecule has 2 heterocycles. The number of H-pyrrole nitrogens is 1. The number of anilines is 2. The van der Waals surface area contributed by atoms with E-state index >= 15 is 0 Å². The molecular formula is C19H18N7O6Se. The van der Waals surface area contributed by atoms with Crippen LogP contribution in [-0.4, -0.2) is 70.3 Å². The number of rotatable bonds is 9. The fourth-order valence-electron chi connectivity index (χ4n) is 2.83. The zero-order valence-electron chi connectivity index (χ0n) is 16.9. The predicted octanol–water partition coefficient (Wildman–Crippen LogP) is -0.567. The number of carbonyl (C=O) groups excluding carboxylic acids is 1. The molecule has 0 saturated carbocycles. The van der Waals surface area contributed by atoms with Crippen LogP contribution in [-0.2, 0) is 16.1 Å². The fourth-order valence-corrected chi connectivity index (χ4v) is 3.36. The first-order chi connectivity index (χ1) is 15.6. The number of nitrogen functional groups attached to an aromatic ring is 1. The van der Waals surface area contributed by atoms with Gasteiger partial charge in [-0.1, -0.05) is 0 Å². The van der Waals surface area contributed by atoms with E-state index in [1.165, 1.54) is 18.3 Å². The van der Waals surface area contributed by atoms with Gasteiger partial charge in [-0.15, -0.1) is 0 Å². The number of carbonyl (C=O) groups is 3. The first-order valence-corrected chi connectivity index (χ1v) is 10.2. The number of fused-ring (bicyclic) bond motifs is 1. The number of aromatic amines is 1. The Bertz CT molecular complexity index is 1260. The van der Waals surface area contributed by atoms with Gasteiger partial charge in [0.1, 0.15) is 0 Å². The summed E-state index contributed by atoms with van der Waals surface area (Å²) in [5.41, 5.74) is 6.52. The van der Waals surface area contributed by atoms with Gasteiger partial charge >= 0.3 is 194 Å². The molecule has 3 rings (SSSR count). The van der Waals surface area contributed by atoms with Gasteiger partial charge in [0.2, 0.25) is 0 Å². The van der Waals surface area contributed by atoms with E-state index in [2.05, 4.69) is 41.5 Å². The van der Waals surface area contributed by atoms with Crippen molar-refractivity contribution in [1.82, 2.24) is 25.3 Å². The molecule has 1 amide bonds. The summed E-state index contributed by atoms with van der Waals surface area (Å²) in [5, 5.41) is 20.2. The summed E-state index contributed by atoms with van der Waals surface area (Å²) >= 11 is 2.85. The number of benzene rings is 1. The molecule has 0 bridgehead atoms. The standard InChI is InChI=1S/C19H18N7O6Se/c20-19-24-15-14(17(30)25-19)22-10(7-21-15)8-26(33)11-3-1-9(2-4-11)16(29)23-12(18(31)32)5-6-13(27)28/h1-4,7,12H,5-6,8H2,(H,23,29)(H,27,28)(H,31,32)(H3,20,21,24,25,30)/t12-/m0/s1. The number of aromatic nitrogens is 4. The molecule has 1 atom stereocenters. The second-order valence-corrected chi connectivity index (χ2v) is 7.79. The molecule has 14 heteroatoms. The van der Waals surface area contributed by atoms with Crippen LogP contribution in [0, 0.1) is 0 Å². The van der Waals surface area contributed by atoms with Crippen LogP contribution in [0.2, 0.25) is 0 Å². The SMILES string of the molecule is Nc1nc2ncc(CN([Se])c3ccc(C(=O)N[C@@H](CCC(=O)O)C(=O)O)cc3)nc2c(=O)[nH]1. The Morgan fingerprint density at radius 2 is 1.88 bits per heavy atom. The molecule has 3 aromatic rings. The number of nitrogens with two attached hydrogens (primary N) is 1. The van der Waals surface area contributed by atoms with Crippen LogP contribution in [0.15, 0.2) is 35.3 Å². The van der Waals surface area contributed by atoms with E-state index in [0.717, 1.165) is 0 Å². The summed E-state index contributed by atoms with van der Waals surface area (Å²) in [4.78, 5) is 60.9. The van der Waals surface area contributed by atoms with E-state index in [0.29, 0.717) is 11.4 Å². The van der Waals surface area contributed by atoms with Crippen LogP contribution in [0.4, 0.5) is 11.6 Å². The number of hydrogen-bond donors (Lipinski definition) is 5. The van der Waals surface area contributed by atoms with Gasteiger partial charge in [0.25, 0.3) is 0 Å². The minimum atomic E-state index is -1.32. The number of carboxylic acids is 2. The van der Waals surface area contributed by atoms with Gasteiger partial charge in [0.05, 0.1) is 0 Å². The topological polar surface area (TPSA) is 204 Å². The molecule has 2 aromatic heterocycles. The molecule has 0 spiro atoms. The van der Waals surface area contributed by atoms with Crippen molar-refractivity contribution in [2.45, 2.75) is 25.4 Å². The summed E-state index contributed by atoms with van der Waals surface area (Å²) in [7, 11) is 0. The molecule has 1 radical (unpaired) electrons. The van der Waals surface area contributed by atoms with E-state index in [1.807, 2.05) is 0 Å². The summed E-state index contributed by atoms with van der Waals surface area (Å²) in [6.45, 7) is 0.245. The third-order valence-electron chi connectivity index (χ3n) is 4.46. The first-order valence-electron chi connectivity index (χ1n) is 9.45. The number of amides is 1. The van der Waals surface area contributed by atoms with Crippen molar-refractivity contribution >= 4 is 56.9 Å². The van der Waals surface area contributed by atoms with Crippen molar-refractivity contribution in [2.75, 3.05) is 9.65 Å². The second kappa shape index (κ2) is 10.1. The molecule has 6 N–H and O–H groups in total. The van der Waals surface area contributed by atoms with Gasteiger partial charge in [0, 0.05) is 0 Å². The zero-order valence-corrected chi connectivity index (χ0v) is 18.6. The van der Waals surface area contributed by atoms with Crippen LogP contribution in [0.5, 0.6) is 0 Å². The maximum absolute atomic E-state index is 12.3. The summed E-state index contributed by atoms with van der Waals surface area (Å²) in [6, 6.07) is 4.93. The van der Waals surface area contributed by atoms with Crippen LogP contribution in [0.25, 0.3) is 11.2 Å². The molecule has 0 aliphatic rings. The Labute approximate surface area is 194 Å².